The average molecular weight is 215 g/mol. The standard InChI is InChI=1S/C11H14BN3O/c1-12-7-3-4-8-9(5-7)14-10(6-13)15(2)11(8)16/h3-5,12H,6,13H2,1-2H3. The molecule has 0 bridgehead atoms. The van der Waals surface area contributed by atoms with Crippen molar-refractivity contribution < 1.29 is 0 Å². The number of hydrogen-bond donors (Lipinski definition) is 1. The molecule has 0 saturated heterocycles. The van der Waals surface area contributed by atoms with Crippen molar-refractivity contribution in [3.63, 3.8) is 0 Å². The highest BCUT2D eigenvalue weighted by atomic mass is 16.1. The molecule has 16 heavy (non-hydrogen) atoms. The summed E-state index contributed by atoms with van der Waals surface area (Å²) in [4.78, 5) is 16.4. The lowest BCUT2D eigenvalue weighted by atomic mass is 9.73. The van der Waals surface area contributed by atoms with Gasteiger partial charge in [0.2, 0.25) is 0 Å². The maximum absolute atomic E-state index is 12.0. The molecule has 2 rings (SSSR count). The molecule has 1 aromatic heterocycles. The van der Waals surface area contributed by atoms with Crippen LogP contribution in [0, 0.1) is 0 Å². The Morgan fingerprint density at radius 2 is 2.25 bits per heavy atom. The Balaban J connectivity index is 2.82. The van der Waals surface area contributed by atoms with Crippen LogP contribution in [0.1, 0.15) is 5.82 Å². The maximum atomic E-state index is 12.0. The van der Waals surface area contributed by atoms with Gasteiger partial charge in [0.25, 0.3) is 5.56 Å². The van der Waals surface area contributed by atoms with E-state index in [0.717, 1.165) is 12.8 Å². The molecule has 0 radical (unpaired) electrons. The van der Waals surface area contributed by atoms with Crippen molar-refractivity contribution in [3.8, 4) is 0 Å². The topological polar surface area (TPSA) is 60.9 Å². The van der Waals surface area contributed by atoms with E-state index in [1.54, 1.807) is 7.05 Å². The fourth-order valence-corrected chi connectivity index (χ4v) is 1.76. The van der Waals surface area contributed by atoms with Crippen molar-refractivity contribution in [2.75, 3.05) is 0 Å². The summed E-state index contributed by atoms with van der Waals surface area (Å²) < 4.78 is 1.51. The average Bonchev–Trinajstić information content (AvgIpc) is 2.33. The van der Waals surface area contributed by atoms with Crippen LogP contribution >= 0.6 is 0 Å². The Kier molecular flexibility index (Phi) is 2.79. The first-order valence-electron chi connectivity index (χ1n) is 5.36. The largest absolute Gasteiger partial charge is 0.324 e. The predicted octanol–water partition coefficient (Wildman–Crippen LogP) is -0.498. The van der Waals surface area contributed by atoms with Gasteiger partial charge in [0.05, 0.1) is 17.4 Å². The summed E-state index contributed by atoms with van der Waals surface area (Å²) in [5, 5.41) is 0.650. The van der Waals surface area contributed by atoms with Gasteiger partial charge in [-0.1, -0.05) is 18.4 Å². The lowest BCUT2D eigenvalue weighted by Crippen LogP contribution is -2.25. The molecule has 0 unspecified atom stereocenters. The van der Waals surface area contributed by atoms with Crippen LogP contribution in [0.3, 0.4) is 0 Å². The predicted molar refractivity (Wildman–Crippen MR) is 67.5 cm³/mol. The van der Waals surface area contributed by atoms with Crippen molar-refractivity contribution in [2.24, 2.45) is 12.8 Å². The highest BCUT2D eigenvalue weighted by Gasteiger charge is 2.07. The fourth-order valence-electron chi connectivity index (χ4n) is 1.76. The van der Waals surface area contributed by atoms with Gasteiger partial charge in [-0.25, -0.2) is 4.98 Å². The first kappa shape index (κ1) is 10.9. The third-order valence-corrected chi connectivity index (χ3v) is 2.82. The Morgan fingerprint density at radius 1 is 1.50 bits per heavy atom. The second-order valence-electron chi connectivity index (χ2n) is 3.80. The number of hydrogen-bond acceptors (Lipinski definition) is 3. The zero-order chi connectivity index (χ0) is 11.7. The minimum absolute atomic E-state index is 0.0342. The van der Waals surface area contributed by atoms with Gasteiger partial charge in [-0.15, -0.1) is 0 Å². The first-order chi connectivity index (χ1) is 7.67. The molecular formula is C11H14BN3O. The molecule has 0 amide bonds. The van der Waals surface area contributed by atoms with Crippen LogP contribution in [-0.2, 0) is 13.6 Å². The van der Waals surface area contributed by atoms with Crippen molar-refractivity contribution in [1.82, 2.24) is 9.55 Å². The Hall–Kier alpha value is -1.62. The lowest BCUT2D eigenvalue weighted by molar-refractivity contribution is 0.742. The Labute approximate surface area is 94.3 Å². The lowest BCUT2D eigenvalue weighted by Gasteiger charge is -2.07. The second kappa shape index (κ2) is 4.10. The van der Waals surface area contributed by atoms with Gasteiger partial charge in [0.15, 0.2) is 7.28 Å². The summed E-state index contributed by atoms with van der Waals surface area (Å²) in [7, 11) is 2.63. The van der Waals surface area contributed by atoms with E-state index in [0.29, 0.717) is 11.2 Å². The molecule has 0 aliphatic rings. The number of benzene rings is 1. The van der Waals surface area contributed by atoms with Gasteiger partial charge in [-0.05, 0) is 12.1 Å². The minimum Gasteiger partial charge on any atom is -0.324 e. The normalized spacial score (nSPS) is 10.7. The van der Waals surface area contributed by atoms with Gasteiger partial charge < -0.3 is 5.73 Å². The van der Waals surface area contributed by atoms with E-state index >= 15 is 0 Å². The summed E-state index contributed by atoms with van der Waals surface area (Å²) in [6, 6.07) is 5.76. The highest BCUT2D eigenvalue weighted by Crippen LogP contribution is 2.05. The summed E-state index contributed by atoms with van der Waals surface area (Å²) in [6.45, 7) is 2.35. The minimum atomic E-state index is -0.0342. The summed E-state index contributed by atoms with van der Waals surface area (Å²) in [5.74, 6) is 0.616. The SMILES string of the molecule is CBc1ccc2c(=O)n(C)c(CN)nc2c1. The zero-order valence-corrected chi connectivity index (χ0v) is 9.53. The highest BCUT2D eigenvalue weighted by molar-refractivity contribution is 6.52. The molecule has 2 aromatic rings. The number of nitrogens with two attached hydrogens (primary N) is 1. The van der Waals surface area contributed by atoms with E-state index in [-0.39, 0.29) is 12.1 Å². The van der Waals surface area contributed by atoms with Crippen LogP contribution in [0.25, 0.3) is 10.9 Å². The monoisotopic (exact) mass is 215 g/mol. The van der Waals surface area contributed by atoms with Crippen LogP contribution in [0.15, 0.2) is 23.0 Å². The number of rotatable bonds is 2. The fraction of sp³-hybridized carbons (Fsp3) is 0.273. The molecular weight excluding hydrogens is 201 g/mol. The molecule has 1 aromatic carbocycles. The van der Waals surface area contributed by atoms with Crippen molar-refractivity contribution in [2.45, 2.75) is 13.4 Å². The molecule has 2 N–H and O–H groups in total. The van der Waals surface area contributed by atoms with Crippen LogP contribution in [-0.4, -0.2) is 16.8 Å². The smallest absolute Gasteiger partial charge is 0.261 e. The van der Waals surface area contributed by atoms with Crippen molar-refractivity contribution >= 4 is 23.6 Å². The number of aromatic nitrogens is 2. The van der Waals surface area contributed by atoms with E-state index in [9.17, 15) is 4.79 Å². The molecule has 1 heterocycles. The van der Waals surface area contributed by atoms with E-state index in [4.69, 9.17) is 5.73 Å². The number of nitrogens with zero attached hydrogens (tertiary/aromatic N) is 2. The van der Waals surface area contributed by atoms with Gasteiger partial charge in [-0.2, -0.15) is 0 Å². The molecule has 0 atom stereocenters. The van der Waals surface area contributed by atoms with Gasteiger partial charge in [-0.3, -0.25) is 9.36 Å². The van der Waals surface area contributed by atoms with Crippen LogP contribution in [0.5, 0.6) is 0 Å². The quantitative estimate of drug-likeness (QED) is 0.687. The van der Waals surface area contributed by atoms with Gasteiger partial charge in [0.1, 0.15) is 5.82 Å². The Bertz CT molecular complexity index is 592. The molecule has 82 valence electrons. The van der Waals surface area contributed by atoms with Crippen LogP contribution in [0.2, 0.25) is 6.82 Å². The maximum Gasteiger partial charge on any atom is 0.261 e. The van der Waals surface area contributed by atoms with E-state index in [1.807, 2.05) is 18.2 Å². The summed E-state index contributed by atoms with van der Waals surface area (Å²) in [6.07, 6.45) is 0. The summed E-state index contributed by atoms with van der Waals surface area (Å²) in [5.41, 5.74) is 7.44. The second-order valence-corrected chi connectivity index (χ2v) is 3.80. The molecule has 0 spiro atoms. The van der Waals surface area contributed by atoms with Gasteiger partial charge in [0, 0.05) is 7.05 Å². The molecule has 0 aliphatic heterocycles. The summed E-state index contributed by atoms with van der Waals surface area (Å²) >= 11 is 0. The van der Waals surface area contributed by atoms with Gasteiger partial charge >= 0.3 is 0 Å². The van der Waals surface area contributed by atoms with E-state index in [1.165, 1.54) is 10.0 Å². The Morgan fingerprint density at radius 3 is 2.88 bits per heavy atom. The van der Waals surface area contributed by atoms with Crippen molar-refractivity contribution in [3.05, 3.63) is 34.4 Å². The zero-order valence-electron chi connectivity index (χ0n) is 9.53. The van der Waals surface area contributed by atoms with Crippen molar-refractivity contribution in [1.29, 1.82) is 0 Å². The molecule has 0 saturated carbocycles. The van der Waals surface area contributed by atoms with Crippen LogP contribution in [0.4, 0.5) is 0 Å². The molecule has 0 fully saturated rings. The molecule has 4 nitrogen and oxygen atoms in total. The third-order valence-electron chi connectivity index (χ3n) is 2.82. The van der Waals surface area contributed by atoms with E-state index in [2.05, 4.69) is 11.8 Å². The third kappa shape index (κ3) is 1.63. The van der Waals surface area contributed by atoms with Crippen LogP contribution < -0.4 is 16.8 Å². The van der Waals surface area contributed by atoms with E-state index < -0.39 is 0 Å². The first-order valence-corrected chi connectivity index (χ1v) is 5.36. The molecule has 0 aliphatic carbocycles. The molecule has 5 heteroatoms. The number of fused-ring (bicyclic) bond motifs is 1.